The molecule has 1 aliphatic heterocycles. The molecule has 1 unspecified atom stereocenters. The SMILES string of the molecule is CNC(CCC1CCCCC1)c1ccc2c(c1)COC2. The Kier molecular flexibility index (Phi) is 4.74. The van der Waals surface area contributed by atoms with Crippen LogP contribution in [0, 0.1) is 5.92 Å². The number of fused-ring (bicyclic) bond motifs is 1. The van der Waals surface area contributed by atoms with Crippen molar-refractivity contribution in [3.63, 3.8) is 0 Å². The smallest absolute Gasteiger partial charge is 0.0725 e. The van der Waals surface area contributed by atoms with Crippen LogP contribution >= 0.6 is 0 Å². The number of ether oxygens (including phenoxy) is 1. The second-order valence-corrected chi connectivity index (χ2v) is 6.44. The molecule has 0 radical (unpaired) electrons. The molecule has 1 N–H and O–H groups in total. The van der Waals surface area contributed by atoms with Gasteiger partial charge in [0, 0.05) is 6.04 Å². The highest BCUT2D eigenvalue weighted by Crippen LogP contribution is 2.31. The maximum absolute atomic E-state index is 5.52. The monoisotopic (exact) mass is 273 g/mol. The average molecular weight is 273 g/mol. The first-order valence-electron chi connectivity index (χ1n) is 8.23. The summed E-state index contributed by atoms with van der Waals surface area (Å²) in [5.74, 6) is 0.970. The van der Waals surface area contributed by atoms with Gasteiger partial charge in [-0.3, -0.25) is 0 Å². The van der Waals surface area contributed by atoms with E-state index >= 15 is 0 Å². The third-order valence-corrected chi connectivity index (χ3v) is 5.08. The lowest BCUT2D eigenvalue weighted by Gasteiger charge is -2.24. The van der Waals surface area contributed by atoms with Crippen molar-refractivity contribution in [1.82, 2.24) is 5.32 Å². The fourth-order valence-corrected chi connectivity index (χ4v) is 3.76. The molecule has 2 nitrogen and oxygen atoms in total. The van der Waals surface area contributed by atoms with Crippen LogP contribution in [0.15, 0.2) is 18.2 Å². The van der Waals surface area contributed by atoms with E-state index in [1.54, 1.807) is 0 Å². The molecule has 0 saturated heterocycles. The lowest BCUT2D eigenvalue weighted by molar-refractivity contribution is 0.134. The van der Waals surface area contributed by atoms with Gasteiger partial charge in [0.15, 0.2) is 0 Å². The van der Waals surface area contributed by atoms with Crippen LogP contribution in [0.25, 0.3) is 0 Å². The summed E-state index contributed by atoms with van der Waals surface area (Å²) in [6.07, 6.45) is 9.90. The van der Waals surface area contributed by atoms with E-state index in [1.165, 1.54) is 61.6 Å². The summed E-state index contributed by atoms with van der Waals surface area (Å²) in [6, 6.07) is 7.39. The molecule has 1 aliphatic carbocycles. The third kappa shape index (κ3) is 3.24. The molecule has 1 saturated carbocycles. The van der Waals surface area contributed by atoms with Crippen LogP contribution in [0.1, 0.15) is 67.7 Å². The molecular weight excluding hydrogens is 246 g/mol. The molecule has 1 heterocycles. The molecule has 2 heteroatoms. The van der Waals surface area contributed by atoms with Crippen LogP contribution in [0.2, 0.25) is 0 Å². The third-order valence-electron chi connectivity index (χ3n) is 5.08. The fraction of sp³-hybridized carbons (Fsp3) is 0.667. The summed E-state index contributed by atoms with van der Waals surface area (Å²) in [7, 11) is 2.09. The Balaban J connectivity index is 1.60. The van der Waals surface area contributed by atoms with Crippen LogP contribution in [0.5, 0.6) is 0 Å². The van der Waals surface area contributed by atoms with Crippen molar-refractivity contribution >= 4 is 0 Å². The first-order chi connectivity index (χ1) is 9.86. The van der Waals surface area contributed by atoms with E-state index in [4.69, 9.17) is 4.74 Å². The van der Waals surface area contributed by atoms with Crippen LogP contribution in [0.3, 0.4) is 0 Å². The van der Waals surface area contributed by atoms with Gasteiger partial charge in [0.05, 0.1) is 13.2 Å². The molecule has 0 bridgehead atoms. The molecule has 0 amide bonds. The predicted molar refractivity (Wildman–Crippen MR) is 82.5 cm³/mol. The van der Waals surface area contributed by atoms with Crippen molar-refractivity contribution in [2.75, 3.05) is 7.05 Å². The van der Waals surface area contributed by atoms with Gasteiger partial charge >= 0.3 is 0 Å². The highest BCUT2D eigenvalue weighted by atomic mass is 16.5. The normalized spacial score (nSPS) is 20.9. The number of nitrogens with one attached hydrogen (secondary N) is 1. The van der Waals surface area contributed by atoms with Gasteiger partial charge in [-0.2, -0.15) is 0 Å². The molecule has 110 valence electrons. The number of benzene rings is 1. The van der Waals surface area contributed by atoms with Crippen LogP contribution in [0.4, 0.5) is 0 Å². The standard InChI is InChI=1S/C18H27NO/c1-19-18(10-7-14-5-3-2-4-6-14)15-8-9-16-12-20-13-17(16)11-15/h8-9,11,14,18-19H,2-7,10,12-13H2,1H3. The summed E-state index contributed by atoms with van der Waals surface area (Å²) in [5.41, 5.74) is 4.20. The summed E-state index contributed by atoms with van der Waals surface area (Å²) >= 11 is 0. The largest absolute Gasteiger partial charge is 0.372 e. The Morgan fingerprint density at radius 3 is 2.75 bits per heavy atom. The van der Waals surface area contributed by atoms with E-state index in [1.807, 2.05) is 0 Å². The van der Waals surface area contributed by atoms with Crippen molar-refractivity contribution in [1.29, 1.82) is 0 Å². The van der Waals surface area contributed by atoms with E-state index in [0.29, 0.717) is 6.04 Å². The lowest BCUT2D eigenvalue weighted by atomic mass is 9.84. The fourth-order valence-electron chi connectivity index (χ4n) is 3.76. The second kappa shape index (κ2) is 6.73. The Hall–Kier alpha value is -0.860. The van der Waals surface area contributed by atoms with Crippen molar-refractivity contribution in [2.24, 2.45) is 5.92 Å². The maximum Gasteiger partial charge on any atom is 0.0725 e. The summed E-state index contributed by atoms with van der Waals surface area (Å²) in [4.78, 5) is 0. The minimum absolute atomic E-state index is 0.503. The molecule has 0 aromatic heterocycles. The molecule has 0 spiro atoms. The van der Waals surface area contributed by atoms with E-state index in [9.17, 15) is 0 Å². The van der Waals surface area contributed by atoms with Crippen LogP contribution < -0.4 is 5.32 Å². The first kappa shape index (κ1) is 14.1. The molecule has 1 atom stereocenters. The zero-order chi connectivity index (χ0) is 13.8. The molecule has 20 heavy (non-hydrogen) atoms. The molecule has 1 aromatic rings. The Morgan fingerprint density at radius 2 is 1.95 bits per heavy atom. The van der Waals surface area contributed by atoms with Crippen LogP contribution in [-0.2, 0) is 18.0 Å². The number of hydrogen-bond acceptors (Lipinski definition) is 2. The molecule has 2 aliphatic rings. The topological polar surface area (TPSA) is 21.3 Å². The van der Waals surface area contributed by atoms with Gasteiger partial charge in [-0.1, -0.05) is 50.3 Å². The number of hydrogen-bond donors (Lipinski definition) is 1. The maximum atomic E-state index is 5.52. The van der Waals surface area contributed by atoms with Gasteiger partial charge in [0.1, 0.15) is 0 Å². The van der Waals surface area contributed by atoms with E-state index in [2.05, 4.69) is 30.6 Å². The summed E-state index contributed by atoms with van der Waals surface area (Å²) < 4.78 is 5.52. The Bertz CT molecular complexity index is 437. The minimum atomic E-state index is 0.503. The molecule has 1 fully saturated rings. The van der Waals surface area contributed by atoms with Gasteiger partial charge < -0.3 is 10.1 Å². The van der Waals surface area contributed by atoms with Crippen molar-refractivity contribution in [3.05, 3.63) is 34.9 Å². The van der Waals surface area contributed by atoms with Gasteiger partial charge in [-0.25, -0.2) is 0 Å². The van der Waals surface area contributed by atoms with Crippen molar-refractivity contribution in [2.45, 2.75) is 64.2 Å². The predicted octanol–water partition coefficient (Wildman–Crippen LogP) is 4.34. The van der Waals surface area contributed by atoms with Gasteiger partial charge in [0.2, 0.25) is 0 Å². The lowest BCUT2D eigenvalue weighted by Crippen LogP contribution is -2.18. The van der Waals surface area contributed by atoms with Crippen LogP contribution in [-0.4, -0.2) is 7.05 Å². The average Bonchev–Trinajstić information content (AvgIpc) is 2.96. The Labute approximate surface area is 122 Å². The quantitative estimate of drug-likeness (QED) is 0.861. The van der Waals surface area contributed by atoms with E-state index in [-0.39, 0.29) is 0 Å². The van der Waals surface area contributed by atoms with Gasteiger partial charge in [-0.15, -0.1) is 0 Å². The molecular formula is C18H27NO. The highest BCUT2D eigenvalue weighted by molar-refractivity contribution is 5.34. The first-order valence-corrected chi connectivity index (χ1v) is 8.23. The van der Waals surface area contributed by atoms with Gasteiger partial charge in [-0.05, 0) is 42.5 Å². The molecule has 3 rings (SSSR count). The van der Waals surface area contributed by atoms with Gasteiger partial charge in [0.25, 0.3) is 0 Å². The van der Waals surface area contributed by atoms with E-state index in [0.717, 1.165) is 19.1 Å². The summed E-state index contributed by atoms with van der Waals surface area (Å²) in [6.45, 7) is 1.59. The highest BCUT2D eigenvalue weighted by Gasteiger charge is 2.18. The number of rotatable bonds is 5. The molecule has 1 aromatic carbocycles. The second-order valence-electron chi connectivity index (χ2n) is 6.44. The summed E-state index contributed by atoms with van der Waals surface area (Å²) in [5, 5.41) is 3.51. The Morgan fingerprint density at radius 1 is 1.15 bits per heavy atom. The minimum Gasteiger partial charge on any atom is -0.372 e. The van der Waals surface area contributed by atoms with Crippen molar-refractivity contribution < 1.29 is 4.74 Å². The van der Waals surface area contributed by atoms with Crippen molar-refractivity contribution in [3.8, 4) is 0 Å². The zero-order valence-electron chi connectivity index (χ0n) is 12.7. The van der Waals surface area contributed by atoms with E-state index < -0.39 is 0 Å². The zero-order valence-corrected chi connectivity index (χ0v) is 12.7.